The summed E-state index contributed by atoms with van der Waals surface area (Å²) >= 11 is 1.38. The van der Waals surface area contributed by atoms with Crippen LogP contribution in [-0.2, 0) is 4.79 Å². The molecule has 2 heterocycles. The number of hydrogen-bond donors (Lipinski definition) is 1. The van der Waals surface area contributed by atoms with Gasteiger partial charge in [-0.2, -0.15) is 0 Å². The number of carbonyl (C=O) groups is 1. The molecule has 7 nitrogen and oxygen atoms in total. The lowest BCUT2D eigenvalue weighted by Gasteiger charge is -2.21. The van der Waals surface area contributed by atoms with E-state index in [1.54, 1.807) is 13.3 Å². The van der Waals surface area contributed by atoms with Crippen LogP contribution in [0.5, 0.6) is 17.2 Å². The van der Waals surface area contributed by atoms with Crippen LogP contribution in [0.25, 0.3) is 5.69 Å². The number of anilines is 1. The molecule has 1 N–H and O–H groups in total. The molecular formula is C23H23N3O4S. The molecule has 0 unspecified atom stereocenters. The fraction of sp³-hybridized carbons (Fsp3) is 0.304. The van der Waals surface area contributed by atoms with Gasteiger partial charge in [0.05, 0.1) is 12.9 Å². The second-order valence-corrected chi connectivity index (χ2v) is 8.54. The Morgan fingerprint density at radius 3 is 2.71 bits per heavy atom. The maximum atomic E-state index is 12.5. The van der Waals surface area contributed by atoms with Crippen molar-refractivity contribution in [2.75, 3.05) is 18.2 Å². The summed E-state index contributed by atoms with van der Waals surface area (Å²) in [6, 6.07) is 13.2. The number of carbonyl (C=O) groups excluding carboxylic acids is 1. The molecule has 0 atom stereocenters. The fourth-order valence-electron chi connectivity index (χ4n) is 3.95. The fourth-order valence-corrected chi connectivity index (χ4v) is 4.73. The van der Waals surface area contributed by atoms with Gasteiger partial charge in [-0.15, -0.1) is 0 Å². The lowest BCUT2D eigenvalue weighted by atomic mass is 10.2. The van der Waals surface area contributed by atoms with Gasteiger partial charge in [-0.05, 0) is 49.2 Å². The Labute approximate surface area is 184 Å². The third-order valence-corrected chi connectivity index (χ3v) is 6.44. The number of nitrogens with zero attached hydrogens (tertiary/aromatic N) is 2. The molecule has 1 amide bonds. The first kappa shape index (κ1) is 19.8. The Hall–Kier alpha value is -3.13. The number of benzene rings is 2. The third kappa shape index (κ3) is 4.07. The number of ether oxygens (including phenoxy) is 3. The van der Waals surface area contributed by atoms with Gasteiger partial charge in [0, 0.05) is 42.7 Å². The number of amides is 1. The average molecular weight is 438 g/mol. The van der Waals surface area contributed by atoms with E-state index in [1.165, 1.54) is 11.8 Å². The Morgan fingerprint density at radius 2 is 1.94 bits per heavy atom. The normalized spacial score (nSPS) is 15.9. The zero-order valence-electron chi connectivity index (χ0n) is 17.2. The molecule has 1 fully saturated rings. The van der Waals surface area contributed by atoms with Crippen molar-refractivity contribution >= 4 is 23.4 Å². The van der Waals surface area contributed by atoms with Gasteiger partial charge in [0.15, 0.2) is 16.7 Å². The topological polar surface area (TPSA) is 74.6 Å². The highest BCUT2D eigenvalue weighted by Gasteiger charge is 2.44. The number of nitrogens with one attached hydrogen (secondary N) is 1. The van der Waals surface area contributed by atoms with Gasteiger partial charge in [-0.25, -0.2) is 4.98 Å². The highest BCUT2D eigenvalue weighted by atomic mass is 32.2. The summed E-state index contributed by atoms with van der Waals surface area (Å²) in [6.07, 6.45) is 7.63. The molecule has 1 aliphatic carbocycles. The van der Waals surface area contributed by atoms with Crippen LogP contribution in [0.4, 0.5) is 5.69 Å². The van der Waals surface area contributed by atoms with E-state index < -0.39 is 5.79 Å². The molecule has 0 radical (unpaired) electrons. The third-order valence-electron chi connectivity index (χ3n) is 5.47. The van der Waals surface area contributed by atoms with Crippen molar-refractivity contribution in [3.8, 4) is 22.9 Å². The van der Waals surface area contributed by atoms with Crippen molar-refractivity contribution in [1.29, 1.82) is 0 Å². The zero-order valence-corrected chi connectivity index (χ0v) is 18.0. The van der Waals surface area contributed by atoms with Gasteiger partial charge in [-0.3, -0.25) is 9.36 Å². The zero-order chi connectivity index (χ0) is 21.3. The molecule has 0 bridgehead atoms. The van der Waals surface area contributed by atoms with Crippen molar-refractivity contribution in [2.24, 2.45) is 0 Å². The molecule has 0 saturated heterocycles. The molecule has 2 aromatic carbocycles. The Morgan fingerprint density at radius 1 is 1.16 bits per heavy atom. The minimum atomic E-state index is -0.501. The number of aromatic nitrogens is 2. The number of fused-ring (bicyclic) bond motifs is 1. The summed E-state index contributed by atoms with van der Waals surface area (Å²) < 4.78 is 19.3. The standard InChI is InChI=1S/C23H23N3O4S/c1-28-18-7-5-17(6-8-18)26-13-12-24-22(26)31-15-21(27)25-16-4-9-19-20(14-16)30-23(29-19)10-2-3-11-23/h4-9,12-14H,2-3,10-11,15H2,1H3,(H,25,27). The molecule has 8 heteroatoms. The molecule has 1 aliphatic heterocycles. The van der Waals surface area contributed by atoms with Crippen molar-refractivity contribution in [1.82, 2.24) is 9.55 Å². The van der Waals surface area contributed by atoms with Gasteiger partial charge in [0.25, 0.3) is 5.79 Å². The SMILES string of the molecule is COc1ccc(-n2ccnc2SCC(=O)Nc2ccc3c(c2)OC2(CCCC2)O3)cc1. The molecule has 5 rings (SSSR count). The van der Waals surface area contributed by atoms with Crippen LogP contribution in [0.1, 0.15) is 25.7 Å². The quantitative estimate of drug-likeness (QED) is 0.566. The van der Waals surface area contributed by atoms with Crippen molar-refractivity contribution in [3.05, 3.63) is 54.9 Å². The van der Waals surface area contributed by atoms with Crippen molar-refractivity contribution < 1.29 is 19.0 Å². The minimum Gasteiger partial charge on any atom is -0.497 e. The van der Waals surface area contributed by atoms with Crippen LogP contribution in [0.2, 0.25) is 0 Å². The van der Waals surface area contributed by atoms with Gasteiger partial charge in [0.2, 0.25) is 5.91 Å². The van der Waals surface area contributed by atoms with Crippen LogP contribution in [-0.4, -0.2) is 34.1 Å². The maximum Gasteiger partial charge on any atom is 0.251 e. The Bertz CT molecular complexity index is 1090. The predicted molar refractivity (Wildman–Crippen MR) is 118 cm³/mol. The largest absolute Gasteiger partial charge is 0.497 e. The van der Waals surface area contributed by atoms with Crippen LogP contribution in [0, 0.1) is 0 Å². The van der Waals surface area contributed by atoms with E-state index in [1.807, 2.05) is 53.2 Å². The molecule has 3 aromatic rings. The summed E-state index contributed by atoms with van der Waals surface area (Å²) in [5.74, 6) is 1.87. The van der Waals surface area contributed by atoms with E-state index in [0.717, 1.165) is 48.0 Å². The monoisotopic (exact) mass is 437 g/mol. The molecule has 1 spiro atoms. The van der Waals surface area contributed by atoms with Gasteiger partial charge in [0.1, 0.15) is 5.75 Å². The van der Waals surface area contributed by atoms with E-state index in [-0.39, 0.29) is 11.7 Å². The Balaban J connectivity index is 1.20. The van der Waals surface area contributed by atoms with Crippen LogP contribution in [0.15, 0.2) is 60.0 Å². The summed E-state index contributed by atoms with van der Waals surface area (Å²) in [5, 5.41) is 3.68. The summed E-state index contributed by atoms with van der Waals surface area (Å²) in [4.78, 5) is 16.9. The molecule has 2 aliphatic rings. The highest BCUT2D eigenvalue weighted by Crippen LogP contribution is 2.47. The van der Waals surface area contributed by atoms with Crippen LogP contribution < -0.4 is 19.5 Å². The lowest BCUT2D eigenvalue weighted by molar-refractivity contribution is -0.113. The van der Waals surface area contributed by atoms with Crippen LogP contribution in [0.3, 0.4) is 0 Å². The van der Waals surface area contributed by atoms with Gasteiger partial charge in [-0.1, -0.05) is 11.8 Å². The van der Waals surface area contributed by atoms with E-state index in [2.05, 4.69) is 10.3 Å². The van der Waals surface area contributed by atoms with E-state index in [4.69, 9.17) is 14.2 Å². The van der Waals surface area contributed by atoms with E-state index in [0.29, 0.717) is 11.4 Å². The van der Waals surface area contributed by atoms with E-state index >= 15 is 0 Å². The molecule has 1 aromatic heterocycles. The maximum absolute atomic E-state index is 12.5. The highest BCUT2D eigenvalue weighted by molar-refractivity contribution is 7.99. The number of rotatable bonds is 6. The van der Waals surface area contributed by atoms with Gasteiger partial charge >= 0.3 is 0 Å². The Kier molecular flexibility index (Phi) is 5.23. The molecule has 160 valence electrons. The number of imidazole rings is 1. The first-order valence-corrected chi connectivity index (χ1v) is 11.3. The second kappa shape index (κ2) is 8.19. The average Bonchev–Trinajstić information content (AvgIpc) is 3.52. The second-order valence-electron chi connectivity index (χ2n) is 7.60. The number of hydrogen-bond acceptors (Lipinski definition) is 6. The molecule has 31 heavy (non-hydrogen) atoms. The summed E-state index contributed by atoms with van der Waals surface area (Å²) in [6.45, 7) is 0. The minimum absolute atomic E-state index is 0.108. The molecular weight excluding hydrogens is 414 g/mol. The van der Waals surface area contributed by atoms with Crippen LogP contribution >= 0.6 is 11.8 Å². The number of methoxy groups -OCH3 is 1. The predicted octanol–water partition coefficient (Wildman–Crippen LogP) is 4.65. The van der Waals surface area contributed by atoms with Crippen molar-refractivity contribution in [2.45, 2.75) is 36.6 Å². The summed E-state index contributed by atoms with van der Waals surface area (Å²) in [7, 11) is 1.64. The first-order chi connectivity index (χ1) is 15.1. The van der Waals surface area contributed by atoms with Crippen molar-refractivity contribution in [3.63, 3.8) is 0 Å². The number of thioether (sulfide) groups is 1. The smallest absolute Gasteiger partial charge is 0.251 e. The van der Waals surface area contributed by atoms with Gasteiger partial charge < -0.3 is 19.5 Å². The molecule has 1 saturated carbocycles. The first-order valence-electron chi connectivity index (χ1n) is 10.3. The lowest BCUT2D eigenvalue weighted by Crippen LogP contribution is -2.34. The van der Waals surface area contributed by atoms with E-state index in [9.17, 15) is 4.79 Å². The summed E-state index contributed by atoms with van der Waals surface area (Å²) in [5.41, 5.74) is 1.65.